The standard InChI is InChI=1S/C12H13F3N6O/c13-12(14,15)8-2-4-16-10(18-8)21-5-1-3-11(22,7-21)9-6-17-20-19-9/h2,4,6,22H,1,3,5,7H2,(H,17,19,20)/t11-/m0/s1. The maximum absolute atomic E-state index is 12.7. The van der Waals surface area contributed by atoms with Gasteiger partial charge in [0.05, 0.1) is 12.7 Å². The Morgan fingerprint density at radius 1 is 1.36 bits per heavy atom. The lowest BCUT2D eigenvalue weighted by Crippen LogP contribution is -2.47. The largest absolute Gasteiger partial charge is 0.433 e. The lowest BCUT2D eigenvalue weighted by molar-refractivity contribution is -0.141. The highest BCUT2D eigenvalue weighted by Gasteiger charge is 2.39. The number of aliphatic hydroxyl groups is 1. The van der Waals surface area contributed by atoms with Crippen molar-refractivity contribution in [2.24, 2.45) is 0 Å². The Bertz CT molecular complexity index is 647. The molecular weight excluding hydrogens is 301 g/mol. The molecule has 1 aliphatic heterocycles. The molecule has 2 N–H and O–H groups in total. The molecular formula is C12H13F3N6O. The van der Waals surface area contributed by atoms with Crippen molar-refractivity contribution in [3.63, 3.8) is 0 Å². The second-order valence-corrected chi connectivity index (χ2v) is 5.15. The smallest absolute Gasteiger partial charge is 0.382 e. The van der Waals surface area contributed by atoms with Crippen LogP contribution in [0, 0.1) is 0 Å². The molecule has 0 spiro atoms. The number of hydrogen-bond acceptors (Lipinski definition) is 6. The fourth-order valence-electron chi connectivity index (χ4n) is 2.50. The minimum Gasteiger partial charge on any atom is -0.382 e. The molecule has 1 aliphatic rings. The van der Waals surface area contributed by atoms with Crippen LogP contribution < -0.4 is 4.90 Å². The van der Waals surface area contributed by atoms with E-state index in [-0.39, 0.29) is 12.5 Å². The minimum atomic E-state index is -4.53. The van der Waals surface area contributed by atoms with E-state index in [1.165, 1.54) is 11.1 Å². The Labute approximate surface area is 123 Å². The lowest BCUT2D eigenvalue weighted by atomic mass is 9.90. The summed E-state index contributed by atoms with van der Waals surface area (Å²) in [4.78, 5) is 8.95. The highest BCUT2D eigenvalue weighted by Crippen LogP contribution is 2.32. The van der Waals surface area contributed by atoms with E-state index >= 15 is 0 Å². The third kappa shape index (κ3) is 2.73. The van der Waals surface area contributed by atoms with Crippen LogP contribution in [0.3, 0.4) is 0 Å². The van der Waals surface area contributed by atoms with E-state index in [2.05, 4.69) is 25.4 Å². The number of nitrogens with zero attached hydrogens (tertiary/aromatic N) is 5. The molecule has 10 heteroatoms. The van der Waals surface area contributed by atoms with Crippen molar-refractivity contribution in [1.82, 2.24) is 25.4 Å². The zero-order valence-electron chi connectivity index (χ0n) is 11.4. The lowest BCUT2D eigenvalue weighted by Gasteiger charge is -2.37. The van der Waals surface area contributed by atoms with Crippen molar-refractivity contribution in [2.45, 2.75) is 24.6 Å². The molecule has 0 bridgehead atoms. The number of rotatable bonds is 2. The minimum absolute atomic E-state index is 0.0564. The number of nitrogens with one attached hydrogen (secondary N) is 1. The van der Waals surface area contributed by atoms with E-state index in [4.69, 9.17) is 0 Å². The quantitative estimate of drug-likeness (QED) is 0.862. The summed E-state index contributed by atoms with van der Waals surface area (Å²) in [5.41, 5.74) is -1.94. The van der Waals surface area contributed by atoms with Crippen LogP contribution >= 0.6 is 0 Å². The third-order valence-electron chi connectivity index (χ3n) is 3.58. The monoisotopic (exact) mass is 314 g/mol. The van der Waals surface area contributed by atoms with E-state index in [1.807, 2.05) is 0 Å². The van der Waals surface area contributed by atoms with E-state index < -0.39 is 17.5 Å². The molecule has 3 heterocycles. The Balaban J connectivity index is 1.86. The molecule has 22 heavy (non-hydrogen) atoms. The summed E-state index contributed by atoms with van der Waals surface area (Å²) in [7, 11) is 0. The Morgan fingerprint density at radius 2 is 2.18 bits per heavy atom. The fraction of sp³-hybridized carbons (Fsp3) is 0.500. The van der Waals surface area contributed by atoms with Crippen molar-refractivity contribution in [3.8, 4) is 0 Å². The third-order valence-corrected chi connectivity index (χ3v) is 3.58. The predicted molar refractivity (Wildman–Crippen MR) is 68.8 cm³/mol. The molecule has 1 fully saturated rings. The van der Waals surface area contributed by atoms with Gasteiger partial charge in [0.15, 0.2) is 0 Å². The number of anilines is 1. The number of aromatic amines is 1. The second-order valence-electron chi connectivity index (χ2n) is 5.15. The van der Waals surface area contributed by atoms with Crippen LogP contribution in [0.1, 0.15) is 24.2 Å². The molecule has 1 saturated heterocycles. The number of aromatic nitrogens is 5. The Kier molecular flexibility index (Phi) is 3.47. The number of alkyl halides is 3. The molecule has 118 valence electrons. The summed E-state index contributed by atoms with van der Waals surface area (Å²) in [5.74, 6) is -0.0588. The SMILES string of the molecule is O[C@@]1(c2cn[nH]n2)CCCN(c2nccc(C(F)(F)F)n2)C1. The summed E-state index contributed by atoms with van der Waals surface area (Å²) in [6.07, 6.45) is -1.06. The molecule has 0 amide bonds. The van der Waals surface area contributed by atoms with Gasteiger partial charge in [-0.2, -0.15) is 28.6 Å². The zero-order valence-corrected chi connectivity index (χ0v) is 11.4. The van der Waals surface area contributed by atoms with E-state index in [0.29, 0.717) is 25.1 Å². The second kappa shape index (κ2) is 5.20. The number of H-pyrrole nitrogens is 1. The van der Waals surface area contributed by atoms with Gasteiger partial charge < -0.3 is 10.0 Å². The average Bonchev–Trinajstić information content (AvgIpc) is 3.02. The van der Waals surface area contributed by atoms with Crippen LogP contribution in [0.2, 0.25) is 0 Å². The molecule has 3 rings (SSSR count). The molecule has 2 aromatic heterocycles. The van der Waals surface area contributed by atoms with Crippen LogP contribution in [0.15, 0.2) is 18.5 Å². The van der Waals surface area contributed by atoms with Gasteiger partial charge in [-0.15, -0.1) is 0 Å². The van der Waals surface area contributed by atoms with Crippen LogP contribution in [-0.2, 0) is 11.8 Å². The number of halogens is 3. The average molecular weight is 314 g/mol. The van der Waals surface area contributed by atoms with Gasteiger partial charge in [0.25, 0.3) is 0 Å². The van der Waals surface area contributed by atoms with Crippen LogP contribution in [-0.4, -0.2) is 43.6 Å². The molecule has 0 aromatic carbocycles. The van der Waals surface area contributed by atoms with Crippen molar-refractivity contribution in [2.75, 3.05) is 18.0 Å². The first kappa shape index (κ1) is 14.7. The van der Waals surface area contributed by atoms with Crippen LogP contribution in [0.25, 0.3) is 0 Å². The summed E-state index contributed by atoms with van der Waals surface area (Å²) >= 11 is 0. The summed E-state index contributed by atoms with van der Waals surface area (Å²) in [6, 6.07) is 0.817. The normalized spacial score (nSPS) is 22.8. The van der Waals surface area contributed by atoms with Gasteiger partial charge in [0, 0.05) is 12.7 Å². The topological polar surface area (TPSA) is 90.8 Å². The van der Waals surface area contributed by atoms with Gasteiger partial charge in [-0.1, -0.05) is 0 Å². The molecule has 0 aliphatic carbocycles. The van der Waals surface area contributed by atoms with Gasteiger partial charge in [-0.25, -0.2) is 9.97 Å². The van der Waals surface area contributed by atoms with E-state index in [0.717, 1.165) is 12.3 Å². The van der Waals surface area contributed by atoms with Crippen LogP contribution in [0.4, 0.5) is 19.1 Å². The van der Waals surface area contributed by atoms with Gasteiger partial charge >= 0.3 is 6.18 Å². The number of piperidine rings is 1. The zero-order chi connectivity index (χ0) is 15.8. The summed E-state index contributed by atoms with van der Waals surface area (Å²) in [6.45, 7) is 0.516. The van der Waals surface area contributed by atoms with Crippen molar-refractivity contribution >= 4 is 5.95 Å². The summed E-state index contributed by atoms with van der Waals surface area (Å²) in [5, 5.41) is 20.6. The molecule has 7 nitrogen and oxygen atoms in total. The van der Waals surface area contributed by atoms with Crippen molar-refractivity contribution in [1.29, 1.82) is 0 Å². The Morgan fingerprint density at radius 3 is 2.86 bits per heavy atom. The molecule has 0 radical (unpaired) electrons. The van der Waals surface area contributed by atoms with Gasteiger partial charge in [-0.05, 0) is 18.9 Å². The van der Waals surface area contributed by atoms with Gasteiger partial charge in [0.1, 0.15) is 17.0 Å². The van der Waals surface area contributed by atoms with Crippen LogP contribution in [0.5, 0.6) is 0 Å². The molecule has 0 unspecified atom stereocenters. The van der Waals surface area contributed by atoms with E-state index in [9.17, 15) is 18.3 Å². The van der Waals surface area contributed by atoms with Crippen molar-refractivity contribution in [3.05, 3.63) is 29.8 Å². The summed E-state index contributed by atoms with van der Waals surface area (Å²) < 4.78 is 38.2. The molecule has 2 aromatic rings. The highest BCUT2D eigenvalue weighted by atomic mass is 19.4. The van der Waals surface area contributed by atoms with Gasteiger partial charge in [-0.3, -0.25) is 0 Å². The maximum atomic E-state index is 12.7. The fourth-order valence-corrected chi connectivity index (χ4v) is 2.50. The Hall–Kier alpha value is -2.23. The van der Waals surface area contributed by atoms with E-state index in [1.54, 1.807) is 0 Å². The first-order valence-electron chi connectivity index (χ1n) is 6.62. The van der Waals surface area contributed by atoms with Crippen molar-refractivity contribution < 1.29 is 18.3 Å². The first-order valence-corrected chi connectivity index (χ1v) is 6.62. The van der Waals surface area contributed by atoms with Gasteiger partial charge in [0.2, 0.25) is 5.95 Å². The first-order chi connectivity index (χ1) is 10.4. The molecule has 1 atom stereocenters. The number of hydrogen-bond donors (Lipinski definition) is 2. The predicted octanol–water partition coefficient (Wildman–Crippen LogP) is 1.10. The maximum Gasteiger partial charge on any atom is 0.433 e. The highest BCUT2D eigenvalue weighted by molar-refractivity contribution is 5.34. The number of β-amino-alcohol motifs (C(OH)–C–C–N with tert-alkyl or cyclic N) is 1. The molecule has 0 saturated carbocycles.